The average Bonchev–Trinajstić information content (AvgIpc) is 2.70. The van der Waals surface area contributed by atoms with Gasteiger partial charge in [-0.15, -0.1) is 0 Å². The molecule has 2 aromatic carbocycles. The van der Waals surface area contributed by atoms with Gasteiger partial charge in [-0.25, -0.2) is 4.39 Å². The van der Waals surface area contributed by atoms with E-state index in [-0.39, 0.29) is 11.7 Å². The summed E-state index contributed by atoms with van der Waals surface area (Å²) in [5.41, 5.74) is 2.73. The summed E-state index contributed by atoms with van der Waals surface area (Å²) >= 11 is 9.09. The first kappa shape index (κ1) is 13.3. The van der Waals surface area contributed by atoms with Gasteiger partial charge in [0.2, 0.25) is 0 Å². The Hall–Kier alpha value is -1.65. The van der Waals surface area contributed by atoms with Crippen molar-refractivity contribution in [2.75, 3.05) is 5.32 Å². The Kier molecular flexibility index (Phi) is 3.36. The summed E-state index contributed by atoms with van der Waals surface area (Å²) in [6, 6.07) is 9.80. The molecule has 0 saturated heterocycles. The van der Waals surface area contributed by atoms with Crippen LogP contribution in [0.3, 0.4) is 0 Å². The van der Waals surface area contributed by atoms with Crippen molar-refractivity contribution in [3.05, 3.63) is 62.8 Å². The molecule has 0 aliphatic carbocycles. The second kappa shape index (κ2) is 5.04. The molecule has 0 saturated carbocycles. The van der Waals surface area contributed by atoms with Crippen LogP contribution in [0.2, 0.25) is 5.02 Å². The smallest absolute Gasteiger partial charge is 0.256 e. The molecule has 3 rings (SSSR count). The summed E-state index contributed by atoms with van der Waals surface area (Å²) in [6.07, 6.45) is 1.71. The molecule has 0 radical (unpaired) electrons. The van der Waals surface area contributed by atoms with Crippen LogP contribution >= 0.6 is 27.5 Å². The Morgan fingerprint density at radius 1 is 1.20 bits per heavy atom. The third-order valence-electron chi connectivity index (χ3n) is 3.02. The van der Waals surface area contributed by atoms with Crippen LogP contribution in [0.5, 0.6) is 0 Å². The third-order valence-corrected chi connectivity index (χ3v) is 3.86. The fourth-order valence-electron chi connectivity index (χ4n) is 2.07. The van der Waals surface area contributed by atoms with E-state index >= 15 is 0 Å². The molecule has 1 N–H and O–H groups in total. The maximum atomic E-state index is 13.2. The van der Waals surface area contributed by atoms with Gasteiger partial charge in [-0.05, 0) is 57.9 Å². The lowest BCUT2D eigenvalue weighted by Gasteiger charge is -2.01. The molecule has 0 bridgehead atoms. The fourth-order valence-corrected chi connectivity index (χ4v) is 2.64. The van der Waals surface area contributed by atoms with Gasteiger partial charge in [-0.1, -0.05) is 17.7 Å². The van der Waals surface area contributed by atoms with Crippen molar-refractivity contribution < 1.29 is 9.18 Å². The maximum Gasteiger partial charge on any atom is 0.256 e. The lowest BCUT2D eigenvalue weighted by atomic mass is 10.0. The van der Waals surface area contributed by atoms with Crippen LogP contribution in [0.25, 0.3) is 11.6 Å². The minimum atomic E-state index is -0.341. The largest absolute Gasteiger partial charge is 0.321 e. The summed E-state index contributed by atoms with van der Waals surface area (Å²) < 4.78 is 13.6. The standard InChI is InChI=1S/C15H8BrClFNO/c16-12-6-8(1-3-13(12)18)5-11-10-7-9(17)2-4-14(10)19-15(11)20/h1-7H,(H,19,20)/b11-5+. The molecule has 2 nitrogen and oxygen atoms in total. The molecule has 1 amide bonds. The molecule has 0 spiro atoms. The molecule has 0 atom stereocenters. The normalized spacial score (nSPS) is 15.3. The van der Waals surface area contributed by atoms with Gasteiger partial charge in [0, 0.05) is 21.8 Å². The fraction of sp³-hybridized carbons (Fsp3) is 0. The van der Waals surface area contributed by atoms with E-state index in [0.29, 0.717) is 15.1 Å². The lowest BCUT2D eigenvalue weighted by Crippen LogP contribution is -2.03. The highest BCUT2D eigenvalue weighted by molar-refractivity contribution is 9.10. The molecule has 0 fully saturated rings. The van der Waals surface area contributed by atoms with E-state index in [0.717, 1.165) is 16.8 Å². The monoisotopic (exact) mass is 351 g/mol. The van der Waals surface area contributed by atoms with Crippen molar-refractivity contribution in [1.29, 1.82) is 0 Å². The van der Waals surface area contributed by atoms with Crippen molar-refractivity contribution in [3.8, 4) is 0 Å². The predicted octanol–water partition coefficient (Wildman–Crippen LogP) is 4.73. The van der Waals surface area contributed by atoms with E-state index in [9.17, 15) is 9.18 Å². The van der Waals surface area contributed by atoms with Crippen molar-refractivity contribution in [2.24, 2.45) is 0 Å². The molecule has 1 aliphatic rings. The van der Waals surface area contributed by atoms with Crippen LogP contribution in [0.4, 0.5) is 10.1 Å². The van der Waals surface area contributed by atoms with Gasteiger partial charge in [-0.2, -0.15) is 0 Å². The van der Waals surface area contributed by atoms with Crippen molar-refractivity contribution in [1.82, 2.24) is 0 Å². The highest BCUT2D eigenvalue weighted by atomic mass is 79.9. The molecule has 1 aliphatic heterocycles. The number of halogens is 3. The molecular weight excluding hydrogens is 345 g/mol. The van der Waals surface area contributed by atoms with Crippen LogP contribution in [0.1, 0.15) is 11.1 Å². The minimum Gasteiger partial charge on any atom is -0.321 e. The van der Waals surface area contributed by atoms with E-state index in [1.807, 2.05) is 0 Å². The van der Waals surface area contributed by atoms with Crippen molar-refractivity contribution >= 4 is 50.8 Å². The maximum absolute atomic E-state index is 13.2. The quantitative estimate of drug-likeness (QED) is 0.738. The first-order valence-electron chi connectivity index (χ1n) is 5.82. The number of benzene rings is 2. The second-order valence-corrected chi connectivity index (χ2v) is 5.67. The first-order valence-corrected chi connectivity index (χ1v) is 7.00. The SMILES string of the molecule is O=C1Nc2ccc(Cl)cc2/C1=C\c1ccc(F)c(Br)c1. The van der Waals surface area contributed by atoms with Gasteiger partial charge in [0.05, 0.1) is 4.47 Å². The van der Waals surface area contributed by atoms with Gasteiger partial charge in [0.15, 0.2) is 0 Å². The van der Waals surface area contributed by atoms with E-state index in [1.54, 1.807) is 36.4 Å². The molecule has 2 aromatic rings. The zero-order valence-electron chi connectivity index (χ0n) is 10.1. The number of carbonyl (C=O) groups excluding carboxylic acids is 1. The Balaban J connectivity index is 2.10. The summed E-state index contributed by atoms with van der Waals surface area (Å²) in [4.78, 5) is 12.0. The molecule has 100 valence electrons. The predicted molar refractivity (Wildman–Crippen MR) is 82.1 cm³/mol. The van der Waals surface area contributed by atoms with Gasteiger partial charge in [0.1, 0.15) is 5.82 Å². The van der Waals surface area contributed by atoms with Crippen LogP contribution in [-0.4, -0.2) is 5.91 Å². The van der Waals surface area contributed by atoms with Gasteiger partial charge in [-0.3, -0.25) is 4.79 Å². The van der Waals surface area contributed by atoms with E-state index in [4.69, 9.17) is 11.6 Å². The molecule has 0 aromatic heterocycles. The molecule has 5 heteroatoms. The van der Waals surface area contributed by atoms with Crippen molar-refractivity contribution in [3.63, 3.8) is 0 Å². The third kappa shape index (κ3) is 2.37. The van der Waals surface area contributed by atoms with E-state index in [2.05, 4.69) is 21.2 Å². The van der Waals surface area contributed by atoms with E-state index in [1.165, 1.54) is 6.07 Å². The topological polar surface area (TPSA) is 29.1 Å². The Labute approximate surface area is 128 Å². The number of amides is 1. The van der Waals surface area contributed by atoms with E-state index < -0.39 is 0 Å². The highest BCUT2D eigenvalue weighted by Crippen LogP contribution is 2.35. The number of anilines is 1. The Bertz CT molecular complexity index is 758. The van der Waals surface area contributed by atoms with Gasteiger partial charge in [0.25, 0.3) is 5.91 Å². The second-order valence-electron chi connectivity index (χ2n) is 4.38. The van der Waals surface area contributed by atoms with Crippen molar-refractivity contribution in [2.45, 2.75) is 0 Å². The molecule has 1 heterocycles. The highest BCUT2D eigenvalue weighted by Gasteiger charge is 2.24. The average molecular weight is 353 g/mol. The summed E-state index contributed by atoms with van der Waals surface area (Å²) in [7, 11) is 0. The van der Waals surface area contributed by atoms with Crippen LogP contribution in [-0.2, 0) is 4.79 Å². The Morgan fingerprint density at radius 2 is 2.00 bits per heavy atom. The molecule has 0 unspecified atom stereocenters. The van der Waals surface area contributed by atoms with Crippen LogP contribution < -0.4 is 5.32 Å². The van der Waals surface area contributed by atoms with Crippen LogP contribution in [0, 0.1) is 5.82 Å². The summed E-state index contributed by atoms with van der Waals surface area (Å²) in [6.45, 7) is 0. The van der Waals surface area contributed by atoms with Crippen LogP contribution in [0.15, 0.2) is 40.9 Å². The first-order chi connectivity index (χ1) is 9.54. The van der Waals surface area contributed by atoms with Gasteiger partial charge >= 0.3 is 0 Å². The number of hydrogen-bond donors (Lipinski definition) is 1. The summed E-state index contributed by atoms with van der Waals surface area (Å²) in [5, 5.41) is 3.33. The number of carbonyl (C=O) groups is 1. The number of hydrogen-bond acceptors (Lipinski definition) is 1. The number of rotatable bonds is 1. The number of fused-ring (bicyclic) bond motifs is 1. The van der Waals surface area contributed by atoms with Gasteiger partial charge < -0.3 is 5.32 Å². The number of nitrogens with one attached hydrogen (secondary N) is 1. The summed E-state index contributed by atoms with van der Waals surface area (Å²) in [5.74, 6) is -0.533. The minimum absolute atomic E-state index is 0.192. The lowest BCUT2D eigenvalue weighted by molar-refractivity contribution is -0.110. The molecular formula is C15H8BrClFNO. The molecule has 20 heavy (non-hydrogen) atoms. The Morgan fingerprint density at radius 3 is 2.75 bits per heavy atom. The zero-order chi connectivity index (χ0) is 14.3. The zero-order valence-corrected chi connectivity index (χ0v) is 12.4.